The molecule has 2 aliphatic rings. The first-order valence-corrected chi connectivity index (χ1v) is 12.7. The molecule has 3 rings (SSSR count). The van der Waals surface area contributed by atoms with E-state index in [0.717, 1.165) is 55.6 Å². The highest BCUT2D eigenvalue weighted by Crippen LogP contribution is 2.42. The molecular weight excluding hydrogens is 419 g/mol. The second-order valence-electron chi connectivity index (χ2n) is 10.6. The second kappa shape index (κ2) is 11.3. The Morgan fingerprint density at radius 1 is 0.781 bits per heavy atom. The Morgan fingerprint density at radius 3 is 1.66 bits per heavy atom. The number of halogens is 5. The number of hydrogen-bond donors (Lipinski definition) is 0. The van der Waals surface area contributed by atoms with Crippen LogP contribution in [0.1, 0.15) is 114 Å². The number of hydrogen-bond acceptors (Lipinski definition) is 0. The van der Waals surface area contributed by atoms with Gasteiger partial charge in [0, 0.05) is 0 Å². The van der Waals surface area contributed by atoms with Gasteiger partial charge in [0.1, 0.15) is 17.2 Å². The SMILES string of the molecule is CCC(C)CCC1CCC(CCC2CCC(c3cc(F)c(C(F)(F)F)c(F)c3)CC2)CC1. The van der Waals surface area contributed by atoms with Crippen molar-refractivity contribution in [1.29, 1.82) is 0 Å². The van der Waals surface area contributed by atoms with Crippen LogP contribution in [0, 0.1) is 35.3 Å². The lowest BCUT2D eigenvalue weighted by atomic mass is 9.73. The zero-order valence-electron chi connectivity index (χ0n) is 19.6. The average molecular weight is 459 g/mol. The Morgan fingerprint density at radius 2 is 1.22 bits per heavy atom. The minimum Gasteiger partial charge on any atom is -0.206 e. The standard InChI is InChI=1S/C27H39F5/c1-3-18(2)4-5-19-6-8-20(9-7-19)10-11-21-12-14-22(15-13-21)23-16-24(28)26(25(29)17-23)27(30,31)32/h16-22H,3-15H2,1-2H3. The van der Waals surface area contributed by atoms with E-state index in [1.165, 1.54) is 57.8 Å². The third kappa shape index (κ3) is 6.93. The maximum Gasteiger partial charge on any atom is 0.422 e. The molecule has 0 N–H and O–H groups in total. The minimum atomic E-state index is -5.00. The first kappa shape index (κ1) is 25.5. The van der Waals surface area contributed by atoms with Gasteiger partial charge in [0.05, 0.1) is 0 Å². The molecule has 0 nitrogen and oxygen atoms in total. The summed E-state index contributed by atoms with van der Waals surface area (Å²) in [5.41, 5.74) is -1.40. The summed E-state index contributed by atoms with van der Waals surface area (Å²) < 4.78 is 66.3. The molecule has 0 aromatic heterocycles. The summed E-state index contributed by atoms with van der Waals surface area (Å²) in [6.45, 7) is 4.63. The Hall–Kier alpha value is -1.13. The molecule has 0 radical (unpaired) electrons. The highest BCUT2D eigenvalue weighted by atomic mass is 19.4. The van der Waals surface area contributed by atoms with Crippen molar-refractivity contribution in [2.75, 3.05) is 0 Å². The Labute approximate surface area is 190 Å². The topological polar surface area (TPSA) is 0 Å². The van der Waals surface area contributed by atoms with Crippen LogP contribution < -0.4 is 0 Å². The fraction of sp³-hybridized carbons (Fsp3) is 0.778. The molecule has 2 aliphatic carbocycles. The summed E-state index contributed by atoms with van der Waals surface area (Å²) >= 11 is 0. The highest BCUT2D eigenvalue weighted by molar-refractivity contribution is 5.30. The molecule has 0 amide bonds. The van der Waals surface area contributed by atoms with E-state index >= 15 is 0 Å². The van der Waals surface area contributed by atoms with Gasteiger partial charge in [-0.3, -0.25) is 0 Å². The lowest BCUT2D eigenvalue weighted by Crippen LogP contribution is -2.18. The third-order valence-electron chi connectivity index (χ3n) is 8.38. The fourth-order valence-corrected chi connectivity index (χ4v) is 5.89. The van der Waals surface area contributed by atoms with Crippen LogP contribution in [0.5, 0.6) is 0 Å². The van der Waals surface area contributed by atoms with Gasteiger partial charge in [-0.2, -0.15) is 13.2 Å². The molecule has 1 atom stereocenters. The first-order valence-electron chi connectivity index (χ1n) is 12.7. The molecule has 0 saturated heterocycles. The molecule has 182 valence electrons. The normalized spacial score (nSPS) is 28.0. The Balaban J connectivity index is 1.40. The average Bonchev–Trinajstić information content (AvgIpc) is 2.75. The molecule has 1 unspecified atom stereocenters. The summed E-state index contributed by atoms with van der Waals surface area (Å²) in [7, 11) is 0. The van der Waals surface area contributed by atoms with Gasteiger partial charge >= 0.3 is 6.18 Å². The minimum absolute atomic E-state index is 0.0431. The van der Waals surface area contributed by atoms with E-state index in [4.69, 9.17) is 0 Å². The summed E-state index contributed by atoms with van der Waals surface area (Å²) in [5, 5.41) is 0. The van der Waals surface area contributed by atoms with E-state index in [-0.39, 0.29) is 5.92 Å². The summed E-state index contributed by atoms with van der Waals surface area (Å²) in [6, 6.07) is 1.80. The van der Waals surface area contributed by atoms with Gasteiger partial charge in [-0.1, -0.05) is 71.6 Å². The number of benzene rings is 1. The monoisotopic (exact) mass is 458 g/mol. The lowest BCUT2D eigenvalue weighted by molar-refractivity contribution is -0.142. The predicted octanol–water partition coefficient (Wildman–Crippen LogP) is 9.67. The van der Waals surface area contributed by atoms with Crippen LogP contribution in [-0.2, 0) is 6.18 Å². The molecule has 0 spiro atoms. The smallest absolute Gasteiger partial charge is 0.206 e. The Bertz CT molecular complexity index is 686. The van der Waals surface area contributed by atoms with Crippen molar-refractivity contribution in [3.63, 3.8) is 0 Å². The van der Waals surface area contributed by atoms with Crippen LogP contribution in [-0.4, -0.2) is 0 Å². The van der Waals surface area contributed by atoms with Crippen molar-refractivity contribution < 1.29 is 22.0 Å². The number of rotatable bonds is 8. The van der Waals surface area contributed by atoms with E-state index in [1.54, 1.807) is 0 Å². The van der Waals surface area contributed by atoms with E-state index in [2.05, 4.69) is 13.8 Å². The molecule has 2 fully saturated rings. The fourth-order valence-electron chi connectivity index (χ4n) is 5.89. The van der Waals surface area contributed by atoms with Gasteiger partial charge in [-0.25, -0.2) is 8.78 Å². The van der Waals surface area contributed by atoms with E-state index in [9.17, 15) is 22.0 Å². The highest BCUT2D eigenvalue weighted by Gasteiger charge is 2.38. The van der Waals surface area contributed by atoms with Gasteiger partial charge in [-0.15, -0.1) is 0 Å². The van der Waals surface area contributed by atoms with Gasteiger partial charge in [0.25, 0.3) is 0 Å². The predicted molar refractivity (Wildman–Crippen MR) is 119 cm³/mol. The van der Waals surface area contributed by atoms with Gasteiger partial charge < -0.3 is 0 Å². The second-order valence-corrected chi connectivity index (χ2v) is 10.6. The molecule has 0 heterocycles. The van der Waals surface area contributed by atoms with Crippen LogP contribution in [0.4, 0.5) is 22.0 Å². The molecule has 0 bridgehead atoms. The van der Waals surface area contributed by atoms with Crippen molar-refractivity contribution in [2.24, 2.45) is 23.7 Å². The lowest BCUT2D eigenvalue weighted by Gasteiger charge is -2.32. The van der Waals surface area contributed by atoms with Crippen LogP contribution in [0.3, 0.4) is 0 Å². The Kier molecular flexibility index (Phi) is 9.03. The molecule has 32 heavy (non-hydrogen) atoms. The zero-order valence-corrected chi connectivity index (χ0v) is 19.6. The quantitative estimate of drug-likeness (QED) is 0.340. The summed E-state index contributed by atoms with van der Waals surface area (Å²) in [4.78, 5) is 0. The summed E-state index contributed by atoms with van der Waals surface area (Å²) in [6.07, 6.45) is 10.6. The first-order chi connectivity index (χ1) is 15.2. The van der Waals surface area contributed by atoms with Gasteiger partial charge in [0.15, 0.2) is 0 Å². The van der Waals surface area contributed by atoms with Crippen molar-refractivity contribution in [1.82, 2.24) is 0 Å². The van der Waals surface area contributed by atoms with Crippen LogP contribution in [0.25, 0.3) is 0 Å². The van der Waals surface area contributed by atoms with E-state index in [0.29, 0.717) is 11.5 Å². The number of alkyl halides is 3. The molecule has 1 aromatic carbocycles. The largest absolute Gasteiger partial charge is 0.422 e. The molecular formula is C27H39F5. The van der Waals surface area contributed by atoms with Crippen LogP contribution in [0.15, 0.2) is 12.1 Å². The van der Waals surface area contributed by atoms with Crippen molar-refractivity contribution >= 4 is 0 Å². The van der Waals surface area contributed by atoms with Crippen LogP contribution in [0.2, 0.25) is 0 Å². The summed E-state index contributed by atoms with van der Waals surface area (Å²) in [5.74, 6) is 0.213. The van der Waals surface area contributed by atoms with E-state index in [1.807, 2.05) is 0 Å². The third-order valence-corrected chi connectivity index (χ3v) is 8.38. The molecule has 1 aromatic rings. The van der Waals surface area contributed by atoms with Gasteiger partial charge in [0.2, 0.25) is 0 Å². The van der Waals surface area contributed by atoms with Crippen molar-refractivity contribution in [3.05, 3.63) is 34.9 Å². The molecule has 0 aliphatic heterocycles. The van der Waals surface area contributed by atoms with Crippen molar-refractivity contribution in [2.45, 2.75) is 109 Å². The maximum atomic E-state index is 13.9. The zero-order chi connectivity index (χ0) is 23.3. The molecule has 2 saturated carbocycles. The van der Waals surface area contributed by atoms with Gasteiger partial charge in [-0.05, 0) is 73.0 Å². The van der Waals surface area contributed by atoms with E-state index < -0.39 is 23.4 Å². The van der Waals surface area contributed by atoms with Crippen molar-refractivity contribution in [3.8, 4) is 0 Å². The maximum absolute atomic E-state index is 13.9. The van der Waals surface area contributed by atoms with Crippen LogP contribution >= 0.6 is 0 Å². The molecule has 5 heteroatoms.